The number of hydrogen-bond acceptors (Lipinski definition) is 2. The lowest BCUT2D eigenvalue weighted by atomic mass is 9.82. The van der Waals surface area contributed by atoms with E-state index in [-0.39, 0.29) is 0 Å². The van der Waals surface area contributed by atoms with Crippen LogP contribution in [-0.2, 0) is 6.54 Å². The zero-order chi connectivity index (χ0) is 21.2. The summed E-state index contributed by atoms with van der Waals surface area (Å²) in [6, 6.07) is 20.2. The summed E-state index contributed by atoms with van der Waals surface area (Å²) in [5.74, 6) is -0.395. The van der Waals surface area contributed by atoms with Crippen molar-refractivity contribution in [3.05, 3.63) is 89.7 Å². The van der Waals surface area contributed by atoms with Crippen LogP contribution >= 0.6 is 0 Å². The van der Waals surface area contributed by atoms with Crippen LogP contribution in [0.5, 0.6) is 0 Å². The minimum atomic E-state index is -0.892. The molecule has 0 unspecified atom stereocenters. The number of carboxylic acids is 1. The summed E-state index contributed by atoms with van der Waals surface area (Å²) >= 11 is 0. The molecule has 5 rings (SSSR count). The highest BCUT2D eigenvalue weighted by Gasteiger charge is 2.27. The van der Waals surface area contributed by atoms with Crippen molar-refractivity contribution in [2.75, 3.05) is 0 Å². The molecule has 0 bridgehead atoms. The first-order valence-electron chi connectivity index (χ1n) is 11.1. The number of nitrogens with zero attached hydrogens (tertiary/aromatic N) is 2. The van der Waals surface area contributed by atoms with E-state index in [0.29, 0.717) is 18.0 Å². The van der Waals surface area contributed by atoms with Gasteiger partial charge in [-0.05, 0) is 53.6 Å². The third kappa shape index (κ3) is 3.74. The molecule has 4 aromatic rings. The molecule has 0 spiro atoms. The van der Waals surface area contributed by atoms with E-state index in [0.717, 1.165) is 11.1 Å². The molecule has 2 aromatic carbocycles. The average molecular weight is 411 g/mol. The molecule has 1 N–H and O–H groups in total. The molecule has 0 aliphatic heterocycles. The van der Waals surface area contributed by atoms with Crippen LogP contribution in [0.3, 0.4) is 0 Å². The van der Waals surface area contributed by atoms with Crippen molar-refractivity contribution < 1.29 is 9.90 Å². The molecule has 1 aliphatic rings. The Bertz CT molecular complexity index is 1210. The topological polar surface area (TPSA) is 55.1 Å². The Balaban J connectivity index is 1.81. The van der Waals surface area contributed by atoms with Gasteiger partial charge in [0.15, 0.2) is 0 Å². The largest absolute Gasteiger partial charge is 0.478 e. The minimum absolute atomic E-state index is 0.326. The smallest absolute Gasteiger partial charge is 0.335 e. The van der Waals surface area contributed by atoms with Gasteiger partial charge in [0.25, 0.3) is 0 Å². The van der Waals surface area contributed by atoms with E-state index in [9.17, 15) is 9.90 Å². The highest BCUT2D eigenvalue weighted by atomic mass is 16.4. The molecule has 2 aromatic heterocycles. The first kappa shape index (κ1) is 19.6. The molecule has 0 radical (unpaired) electrons. The van der Waals surface area contributed by atoms with Crippen LogP contribution in [0.1, 0.15) is 59.5 Å². The summed E-state index contributed by atoms with van der Waals surface area (Å²) in [7, 11) is 0. The molecule has 0 amide bonds. The number of hydrogen-bond donors (Lipinski definition) is 1. The van der Waals surface area contributed by atoms with Crippen molar-refractivity contribution >= 4 is 16.9 Å². The van der Waals surface area contributed by atoms with E-state index in [1.165, 1.54) is 54.3 Å². The maximum Gasteiger partial charge on any atom is 0.335 e. The molecule has 4 heteroatoms. The number of pyridine rings is 1. The predicted molar refractivity (Wildman–Crippen MR) is 123 cm³/mol. The molecule has 0 atom stereocenters. The van der Waals surface area contributed by atoms with E-state index < -0.39 is 5.97 Å². The van der Waals surface area contributed by atoms with E-state index in [4.69, 9.17) is 0 Å². The molecule has 4 nitrogen and oxygen atoms in total. The van der Waals surface area contributed by atoms with Gasteiger partial charge in [-0.2, -0.15) is 0 Å². The Labute approximate surface area is 182 Å². The summed E-state index contributed by atoms with van der Waals surface area (Å²) < 4.78 is 2.30. The van der Waals surface area contributed by atoms with E-state index >= 15 is 0 Å². The zero-order valence-corrected chi connectivity index (χ0v) is 17.5. The molecule has 2 heterocycles. The van der Waals surface area contributed by atoms with Crippen LogP contribution in [-0.4, -0.2) is 20.6 Å². The van der Waals surface area contributed by atoms with Gasteiger partial charge in [-0.25, -0.2) is 4.79 Å². The van der Waals surface area contributed by atoms with Crippen LogP contribution in [0.2, 0.25) is 0 Å². The lowest BCUT2D eigenvalue weighted by Crippen LogP contribution is -2.08. The monoisotopic (exact) mass is 410 g/mol. The second-order valence-electron chi connectivity index (χ2n) is 8.45. The standard InChI is InChI=1S/C27H26N2O2/c30-27(31)22-13-14-23-24(16-22)29(18-19-8-7-15-28-17-19)26(21-11-5-2-6-12-21)25(23)20-9-3-1-4-10-20/h2,5-8,11-17,20H,1,3-4,9-10,18H2,(H,30,31). The Morgan fingerprint density at radius 3 is 2.52 bits per heavy atom. The third-order valence-electron chi connectivity index (χ3n) is 6.47. The fourth-order valence-corrected chi connectivity index (χ4v) is 5.06. The van der Waals surface area contributed by atoms with Gasteiger partial charge in [-0.15, -0.1) is 0 Å². The first-order valence-corrected chi connectivity index (χ1v) is 11.1. The molecule has 1 saturated carbocycles. The summed E-state index contributed by atoms with van der Waals surface area (Å²) in [6.45, 7) is 0.657. The van der Waals surface area contributed by atoms with E-state index in [1.807, 2.05) is 30.5 Å². The van der Waals surface area contributed by atoms with Crippen LogP contribution in [0.4, 0.5) is 0 Å². The molecule has 1 fully saturated rings. The number of benzene rings is 2. The van der Waals surface area contributed by atoms with Gasteiger partial charge in [0.05, 0.1) is 11.3 Å². The number of fused-ring (bicyclic) bond motifs is 1. The first-order chi connectivity index (χ1) is 15.2. The molecule has 31 heavy (non-hydrogen) atoms. The SMILES string of the molecule is O=C(O)c1ccc2c(C3CCCCC3)c(-c3ccccc3)n(Cc3cccnc3)c2c1. The quantitative estimate of drug-likeness (QED) is 0.409. The van der Waals surface area contributed by atoms with Crippen LogP contribution in [0.25, 0.3) is 22.2 Å². The third-order valence-corrected chi connectivity index (χ3v) is 6.47. The lowest BCUT2D eigenvalue weighted by molar-refractivity contribution is 0.0697. The van der Waals surface area contributed by atoms with Crippen molar-refractivity contribution in [1.82, 2.24) is 9.55 Å². The van der Waals surface area contributed by atoms with Gasteiger partial charge in [0, 0.05) is 29.8 Å². The number of rotatable bonds is 5. The Morgan fingerprint density at radius 1 is 1.00 bits per heavy atom. The van der Waals surface area contributed by atoms with Crippen molar-refractivity contribution in [3.63, 3.8) is 0 Å². The zero-order valence-electron chi connectivity index (χ0n) is 17.5. The maximum absolute atomic E-state index is 11.8. The minimum Gasteiger partial charge on any atom is -0.478 e. The van der Waals surface area contributed by atoms with Crippen molar-refractivity contribution in [2.24, 2.45) is 0 Å². The van der Waals surface area contributed by atoms with Gasteiger partial charge in [0.1, 0.15) is 0 Å². The number of carbonyl (C=O) groups is 1. The van der Waals surface area contributed by atoms with Gasteiger partial charge in [0.2, 0.25) is 0 Å². The van der Waals surface area contributed by atoms with Crippen molar-refractivity contribution in [2.45, 2.75) is 44.6 Å². The number of aromatic nitrogens is 2. The summed E-state index contributed by atoms with van der Waals surface area (Å²) in [5.41, 5.74) is 6.19. The highest BCUT2D eigenvalue weighted by molar-refractivity contribution is 5.98. The van der Waals surface area contributed by atoms with Crippen molar-refractivity contribution in [1.29, 1.82) is 0 Å². The molecule has 0 saturated heterocycles. The van der Waals surface area contributed by atoms with Crippen LogP contribution in [0, 0.1) is 0 Å². The van der Waals surface area contributed by atoms with Crippen LogP contribution in [0.15, 0.2) is 73.1 Å². The van der Waals surface area contributed by atoms with Gasteiger partial charge in [-0.1, -0.05) is 61.7 Å². The van der Waals surface area contributed by atoms with E-state index in [1.54, 1.807) is 12.3 Å². The number of aromatic carboxylic acids is 1. The highest BCUT2D eigenvalue weighted by Crippen LogP contribution is 2.44. The lowest BCUT2D eigenvalue weighted by Gasteiger charge is -2.24. The fourth-order valence-electron chi connectivity index (χ4n) is 5.06. The Hall–Kier alpha value is -3.40. The fraction of sp³-hybridized carbons (Fsp3) is 0.259. The second-order valence-corrected chi connectivity index (χ2v) is 8.45. The number of carboxylic acid groups (broad SMARTS) is 1. The summed E-state index contributed by atoms with van der Waals surface area (Å²) in [5, 5.41) is 10.8. The van der Waals surface area contributed by atoms with E-state index in [2.05, 4.69) is 39.9 Å². The summed E-state index contributed by atoms with van der Waals surface area (Å²) in [4.78, 5) is 16.1. The Morgan fingerprint density at radius 2 is 1.81 bits per heavy atom. The Kier molecular flexibility index (Phi) is 5.29. The maximum atomic E-state index is 11.8. The molecule has 1 aliphatic carbocycles. The normalized spacial score (nSPS) is 14.7. The second kappa shape index (κ2) is 8.38. The van der Waals surface area contributed by atoms with Gasteiger partial charge < -0.3 is 9.67 Å². The van der Waals surface area contributed by atoms with Crippen molar-refractivity contribution in [3.8, 4) is 11.3 Å². The van der Waals surface area contributed by atoms with Gasteiger partial charge >= 0.3 is 5.97 Å². The molecular formula is C27H26N2O2. The van der Waals surface area contributed by atoms with Gasteiger partial charge in [-0.3, -0.25) is 4.98 Å². The predicted octanol–water partition coefficient (Wildman–Crippen LogP) is 6.50. The molecular weight excluding hydrogens is 384 g/mol. The molecule has 156 valence electrons. The average Bonchev–Trinajstić information content (AvgIpc) is 3.14. The summed E-state index contributed by atoms with van der Waals surface area (Å²) in [6.07, 6.45) is 9.85. The van der Waals surface area contributed by atoms with Crippen LogP contribution < -0.4 is 0 Å².